The van der Waals surface area contributed by atoms with Crippen LogP contribution in [0.15, 0.2) is 36.7 Å². The number of aryl methyl sites for hydroxylation is 1. The van der Waals surface area contributed by atoms with E-state index in [0.29, 0.717) is 6.54 Å². The molecule has 1 aromatic carbocycles. The first-order chi connectivity index (χ1) is 7.72. The molecule has 3 heteroatoms. The van der Waals surface area contributed by atoms with Gasteiger partial charge in [-0.15, -0.1) is 0 Å². The molecule has 0 amide bonds. The number of halogens is 1. The standard InChI is InChI=1S/C13H13ClN2/c1-9-6-10(2-3-13(9)14)12-4-5-16-8-11(12)7-15/h2-6,8H,7,15H2,1H3. The molecule has 0 saturated heterocycles. The van der Waals surface area contributed by atoms with E-state index in [1.165, 1.54) is 0 Å². The van der Waals surface area contributed by atoms with Crippen molar-refractivity contribution in [3.63, 3.8) is 0 Å². The fraction of sp³-hybridized carbons (Fsp3) is 0.154. The summed E-state index contributed by atoms with van der Waals surface area (Å²) < 4.78 is 0. The third-order valence-corrected chi connectivity index (χ3v) is 3.02. The van der Waals surface area contributed by atoms with Crippen LogP contribution in [0.4, 0.5) is 0 Å². The van der Waals surface area contributed by atoms with E-state index in [1.807, 2.05) is 25.1 Å². The van der Waals surface area contributed by atoms with Crippen LogP contribution in [0.3, 0.4) is 0 Å². The number of nitrogens with two attached hydrogens (primary N) is 1. The molecule has 0 unspecified atom stereocenters. The van der Waals surface area contributed by atoms with E-state index in [-0.39, 0.29) is 0 Å². The molecule has 2 rings (SSSR count). The van der Waals surface area contributed by atoms with Gasteiger partial charge in [0, 0.05) is 24.0 Å². The molecular formula is C13H13ClN2. The Labute approximate surface area is 100 Å². The second kappa shape index (κ2) is 4.64. The number of benzene rings is 1. The molecule has 0 saturated carbocycles. The van der Waals surface area contributed by atoms with E-state index >= 15 is 0 Å². The van der Waals surface area contributed by atoms with Crippen LogP contribution in [0, 0.1) is 6.92 Å². The number of rotatable bonds is 2. The minimum absolute atomic E-state index is 0.491. The molecule has 2 aromatic rings. The second-order valence-electron chi connectivity index (χ2n) is 3.70. The van der Waals surface area contributed by atoms with E-state index < -0.39 is 0 Å². The molecule has 1 aromatic heterocycles. The summed E-state index contributed by atoms with van der Waals surface area (Å²) in [5, 5.41) is 0.784. The lowest BCUT2D eigenvalue weighted by Crippen LogP contribution is -1.99. The quantitative estimate of drug-likeness (QED) is 0.864. The summed E-state index contributed by atoms with van der Waals surface area (Å²) in [7, 11) is 0. The lowest BCUT2D eigenvalue weighted by Gasteiger charge is -2.08. The molecule has 16 heavy (non-hydrogen) atoms. The molecule has 2 nitrogen and oxygen atoms in total. The molecule has 0 aliphatic heterocycles. The largest absolute Gasteiger partial charge is 0.326 e. The Balaban J connectivity index is 2.54. The van der Waals surface area contributed by atoms with Crippen molar-refractivity contribution < 1.29 is 0 Å². The van der Waals surface area contributed by atoms with E-state index in [4.69, 9.17) is 17.3 Å². The third-order valence-electron chi connectivity index (χ3n) is 2.59. The fourth-order valence-corrected chi connectivity index (χ4v) is 1.80. The van der Waals surface area contributed by atoms with Crippen LogP contribution in [0.1, 0.15) is 11.1 Å². The van der Waals surface area contributed by atoms with Crippen LogP contribution in [0.2, 0.25) is 5.02 Å². The zero-order valence-corrected chi connectivity index (χ0v) is 9.83. The Kier molecular flexibility index (Phi) is 3.22. The molecule has 0 radical (unpaired) electrons. The molecular weight excluding hydrogens is 220 g/mol. The van der Waals surface area contributed by atoms with E-state index in [2.05, 4.69) is 11.1 Å². The summed E-state index contributed by atoms with van der Waals surface area (Å²) in [6.07, 6.45) is 3.58. The molecule has 0 spiro atoms. The van der Waals surface area contributed by atoms with E-state index in [1.54, 1.807) is 12.4 Å². The van der Waals surface area contributed by atoms with E-state index in [0.717, 1.165) is 27.3 Å². The fourth-order valence-electron chi connectivity index (χ4n) is 1.68. The predicted molar refractivity (Wildman–Crippen MR) is 67.3 cm³/mol. The van der Waals surface area contributed by atoms with Crippen LogP contribution in [-0.4, -0.2) is 4.98 Å². The van der Waals surface area contributed by atoms with Gasteiger partial charge in [-0.05, 0) is 47.4 Å². The average Bonchev–Trinajstić information content (AvgIpc) is 2.32. The van der Waals surface area contributed by atoms with Gasteiger partial charge in [-0.2, -0.15) is 0 Å². The number of nitrogens with zero attached hydrogens (tertiary/aromatic N) is 1. The van der Waals surface area contributed by atoms with Crippen molar-refractivity contribution in [2.45, 2.75) is 13.5 Å². The Morgan fingerprint density at radius 3 is 2.81 bits per heavy atom. The van der Waals surface area contributed by atoms with Gasteiger partial charge in [-0.25, -0.2) is 0 Å². The number of aromatic nitrogens is 1. The zero-order valence-electron chi connectivity index (χ0n) is 9.07. The molecule has 1 heterocycles. The monoisotopic (exact) mass is 232 g/mol. The van der Waals surface area contributed by atoms with Gasteiger partial charge in [0.1, 0.15) is 0 Å². The first-order valence-corrected chi connectivity index (χ1v) is 5.49. The number of hydrogen-bond acceptors (Lipinski definition) is 2. The maximum absolute atomic E-state index is 6.00. The average molecular weight is 233 g/mol. The first-order valence-electron chi connectivity index (χ1n) is 5.12. The summed E-state index contributed by atoms with van der Waals surface area (Å²) in [6, 6.07) is 7.96. The van der Waals surface area contributed by atoms with Gasteiger partial charge in [0.15, 0.2) is 0 Å². The van der Waals surface area contributed by atoms with Gasteiger partial charge < -0.3 is 5.73 Å². The Morgan fingerprint density at radius 2 is 2.12 bits per heavy atom. The van der Waals surface area contributed by atoms with Crippen LogP contribution < -0.4 is 5.73 Å². The van der Waals surface area contributed by atoms with Gasteiger partial charge in [-0.3, -0.25) is 4.98 Å². The summed E-state index contributed by atoms with van der Waals surface area (Å²) >= 11 is 6.00. The molecule has 0 fully saturated rings. The zero-order chi connectivity index (χ0) is 11.5. The highest BCUT2D eigenvalue weighted by Gasteiger charge is 2.05. The first kappa shape index (κ1) is 11.1. The van der Waals surface area contributed by atoms with Crippen molar-refractivity contribution in [1.82, 2.24) is 4.98 Å². The molecule has 82 valence electrons. The number of pyridine rings is 1. The minimum Gasteiger partial charge on any atom is -0.326 e. The summed E-state index contributed by atoms with van der Waals surface area (Å²) in [4.78, 5) is 4.08. The van der Waals surface area contributed by atoms with E-state index in [9.17, 15) is 0 Å². The van der Waals surface area contributed by atoms with Crippen molar-refractivity contribution in [1.29, 1.82) is 0 Å². The molecule has 0 atom stereocenters. The maximum atomic E-state index is 6.00. The Morgan fingerprint density at radius 1 is 1.31 bits per heavy atom. The second-order valence-corrected chi connectivity index (χ2v) is 4.11. The Hall–Kier alpha value is -1.38. The molecule has 0 bridgehead atoms. The van der Waals surface area contributed by atoms with Crippen molar-refractivity contribution >= 4 is 11.6 Å². The van der Waals surface area contributed by atoms with Crippen LogP contribution in [-0.2, 0) is 6.54 Å². The molecule has 2 N–H and O–H groups in total. The highest BCUT2D eigenvalue weighted by atomic mass is 35.5. The lowest BCUT2D eigenvalue weighted by atomic mass is 10.0. The maximum Gasteiger partial charge on any atom is 0.0435 e. The SMILES string of the molecule is Cc1cc(-c2ccncc2CN)ccc1Cl. The topological polar surface area (TPSA) is 38.9 Å². The van der Waals surface area contributed by atoms with Gasteiger partial charge in [0.25, 0.3) is 0 Å². The lowest BCUT2D eigenvalue weighted by molar-refractivity contribution is 1.05. The van der Waals surface area contributed by atoms with Crippen LogP contribution >= 0.6 is 11.6 Å². The summed E-state index contributed by atoms with van der Waals surface area (Å²) in [5.41, 5.74) is 10.1. The Bertz CT molecular complexity index is 509. The predicted octanol–water partition coefficient (Wildman–Crippen LogP) is 3.17. The summed E-state index contributed by atoms with van der Waals surface area (Å²) in [5.74, 6) is 0. The highest BCUT2D eigenvalue weighted by molar-refractivity contribution is 6.31. The van der Waals surface area contributed by atoms with Crippen LogP contribution in [0.5, 0.6) is 0 Å². The molecule has 0 aliphatic carbocycles. The smallest absolute Gasteiger partial charge is 0.0435 e. The number of hydrogen-bond donors (Lipinski definition) is 1. The van der Waals surface area contributed by atoms with Crippen molar-refractivity contribution in [2.24, 2.45) is 5.73 Å². The highest BCUT2D eigenvalue weighted by Crippen LogP contribution is 2.26. The van der Waals surface area contributed by atoms with Gasteiger partial charge >= 0.3 is 0 Å². The van der Waals surface area contributed by atoms with Crippen molar-refractivity contribution in [3.05, 3.63) is 52.8 Å². The van der Waals surface area contributed by atoms with Gasteiger partial charge in [0.05, 0.1) is 0 Å². The van der Waals surface area contributed by atoms with Gasteiger partial charge in [-0.1, -0.05) is 17.7 Å². The van der Waals surface area contributed by atoms with Gasteiger partial charge in [0.2, 0.25) is 0 Å². The van der Waals surface area contributed by atoms with Crippen molar-refractivity contribution in [3.8, 4) is 11.1 Å². The molecule has 0 aliphatic rings. The third kappa shape index (κ3) is 2.08. The normalized spacial score (nSPS) is 10.4. The summed E-state index contributed by atoms with van der Waals surface area (Å²) in [6.45, 7) is 2.49. The van der Waals surface area contributed by atoms with Crippen LogP contribution in [0.25, 0.3) is 11.1 Å². The van der Waals surface area contributed by atoms with Crippen molar-refractivity contribution in [2.75, 3.05) is 0 Å². The minimum atomic E-state index is 0.491.